The maximum atomic E-state index is 12.5. The Labute approximate surface area is 198 Å². The molecule has 2 atom stereocenters. The molecule has 7 nitrogen and oxygen atoms in total. The van der Waals surface area contributed by atoms with E-state index in [9.17, 15) is 23.3 Å². The van der Waals surface area contributed by atoms with Gasteiger partial charge >= 0.3 is 0 Å². The van der Waals surface area contributed by atoms with E-state index in [-0.39, 0.29) is 32.7 Å². The predicted molar refractivity (Wildman–Crippen MR) is 122 cm³/mol. The van der Waals surface area contributed by atoms with Gasteiger partial charge in [-0.05, 0) is 29.7 Å². The van der Waals surface area contributed by atoms with Gasteiger partial charge in [0, 0.05) is 39.6 Å². The molecule has 0 saturated carbocycles. The zero-order valence-corrected chi connectivity index (χ0v) is 20.0. The lowest BCUT2D eigenvalue weighted by atomic mass is 9.80. The van der Waals surface area contributed by atoms with E-state index in [1.807, 2.05) is 6.08 Å². The third-order valence-corrected chi connectivity index (χ3v) is 8.44. The monoisotopic (exact) mass is 522 g/mol. The molecule has 0 spiro atoms. The Morgan fingerprint density at radius 2 is 2.03 bits per heavy atom. The molecule has 2 aromatic rings. The number of nitrogens with one attached hydrogen (secondary N) is 1. The summed E-state index contributed by atoms with van der Waals surface area (Å²) in [6, 6.07) is 4.00. The topological polar surface area (TPSA) is 106 Å². The summed E-state index contributed by atoms with van der Waals surface area (Å²) >= 11 is 19.1. The number of carbonyl (C=O) groups excluding carboxylic acids is 1. The third-order valence-electron chi connectivity index (χ3n) is 5.01. The number of hydrogen-bond acceptors (Lipinski definition) is 6. The fourth-order valence-electron chi connectivity index (χ4n) is 3.45. The number of hydrogen-bond donors (Lipinski definition) is 1. The van der Waals surface area contributed by atoms with Crippen molar-refractivity contribution in [2.75, 3.05) is 12.8 Å². The molecule has 1 amide bonds. The van der Waals surface area contributed by atoms with Gasteiger partial charge in [0.05, 0.1) is 15.8 Å². The average molecular weight is 524 g/mol. The lowest BCUT2D eigenvalue weighted by Crippen LogP contribution is -2.34. The van der Waals surface area contributed by atoms with E-state index in [1.54, 1.807) is 18.2 Å². The van der Waals surface area contributed by atoms with Crippen molar-refractivity contribution in [2.45, 2.75) is 29.7 Å². The van der Waals surface area contributed by atoms with Crippen molar-refractivity contribution in [2.24, 2.45) is 0 Å². The summed E-state index contributed by atoms with van der Waals surface area (Å²) < 4.78 is 23.4. The van der Waals surface area contributed by atoms with Crippen LogP contribution in [0.25, 0.3) is 0 Å². The van der Waals surface area contributed by atoms with Crippen LogP contribution in [0.15, 0.2) is 40.1 Å². The Kier molecular flexibility index (Phi) is 7.32. The number of rotatable bonds is 6. The highest BCUT2D eigenvalue weighted by atomic mass is 35.5. The molecular formula is C19H17Cl3N2O5S2. The molecule has 0 saturated heterocycles. The molecule has 1 heterocycles. The van der Waals surface area contributed by atoms with Gasteiger partial charge in [0.1, 0.15) is 4.88 Å². The summed E-state index contributed by atoms with van der Waals surface area (Å²) in [5.74, 6) is -0.949. The summed E-state index contributed by atoms with van der Waals surface area (Å²) in [7, 11) is -3.54. The molecule has 1 aromatic carbocycles. The van der Waals surface area contributed by atoms with Gasteiger partial charge in [0.15, 0.2) is 9.84 Å². The minimum Gasteiger partial charge on any atom is -0.348 e. The number of benzene rings is 1. The summed E-state index contributed by atoms with van der Waals surface area (Å²) in [6.07, 6.45) is 3.39. The van der Waals surface area contributed by atoms with Crippen molar-refractivity contribution in [3.8, 4) is 0 Å². The van der Waals surface area contributed by atoms with Gasteiger partial charge in [-0.2, -0.15) is 0 Å². The quantitative estimate of drug-likeness (QED) is 0.326. The molecular weight excluding hydrogens is 507 g/mol. The number of allylic oxidation sites excluding steroid dienone is 1. The molecule has 12 heteroatoms. The molecule has 0 bridgehead atoms. The summed E-state index contributed by atoms with van der Waals surface area (Å²) in [5, 5.41) is 16.4. The summed E-state index contributed by atoms with van der Waals surface area (Å²) in [6.45, 7) is 0.0900. The zero-order valence-electron chi connectivity index (χ0n) is 16.1. The number of carbonyl (C=O) groups is 1. The molecule has 0 radical (unpaired) electrons. The first-order valence-corrected chi connectivity index (χ1v) is 12.9. The van der Waals surface area contributed by atoms with Crippen LogP contribution in [0, 0.1) is 10.1 Å². The maximum absolute atomic E-state index is 12.5. The highest BCUT2D eigenvalue weighted by molar-refractivity contribution is 7.91. The van der Waals surface area contributed by atoms with Crippen LogP contribution in [0.4, 0.5) is 0 Å². The number of nitrogens with zero attached hydrogens (tertiary/aromatic N) is 1. The highest BCUT2D eigenvalue weighted by Gasteiger charge is 2.37. The van der Waals surface area contributed by atoms with Gasteiger partial charge in [0.2, 0.25) is 6.04 Å². The molecule has 3 rings (SSSR count). The van der Waals surface area contributed by atoms with Crippen molar-refractivity contribution >= 4 is 61.9 Å². The average Bonchev–Trinajstić information content (AvgIpc) is 3.08. The Morgan fingerprint density at radius 1 is 1.32 bits per heavy atom. The highest BCUT2D eigenvalue weighted by Crippen LogP contribution is 2.38. The van der Waals surface area contributed by atoms with Crippen molar-refractivity contribution in [1.82, 2.24) is 5.32 Å². The van der Waals surface area contributed by atoms with Gasteiger partial charge in [-0.15, -0.1) is 11.3 Å². The predicted octanol–water partition coefficient (Wildman–Crippen LogP) is 4.99. The third kappa shape index (κ3) is 5.40. The first-order chi connectivity index (χ1) is 14.5. The smallest absolute Gasteiger partial charge is 0.263 e. The molecule has 0 aliphatic heterocycles. The van der Waals surface area contributed by atoms with E-state index in [0.717, 1.165) is 17.6 Å². The Balaban J connectivity index is 1.73. The Hall–Kier alpha value is -1.65. The molecule has 1 N–H and O–H groups in total. The van der Waals surface area contributed by atoms with E-state index in [0.29, 0.717) is 27.6 Å². The number of sulfone groups is 1. The Bertz CT molecular complexity index is 1180. The minimum atomic E-state index is -3.54. The van der Waals surface area contributed by atoms with E-state index in [2.05, 4.69) is 5.32 Å². The molecule has 1 aromatic heterocycles. The first kappa shape index (κ1) is 24.0. The van der Waals surface area contributed by atoms with E-state index >= 15 is 0 Å². The second kappa shape index (κ2) is 9.46. The van der Waals surface area contributed by atoms with E-state index in [4.69, 9.17) is 34.8 Å². The minimum absolute atomic E-state index is 0.0788. The zero-order chi connectivity index (χ0) is 22.9. The van der Waals surface area contributed by atoms with Crippen LogP contribution < -0.4 is 5.32 Å². The lowest BCUT2D eigenvalue weighted by molar-refractivity contribution is -0.527. The van der Waals surface area contributed by atoms with Gasteiger partial charge < -0.3 is 5.32 Å². The number of amides is 1. The van der Waals surface area contributed by atoms with Gasteiger partial charge in [-0.25, -0.2) is 8.42 Å². The summed E-state index contributed by atoms with van der Waals surface area (Å²) in [4.78, 5) is 23.8. The van der Waals surface area contributed by atoms with Crippen molar-refractivity contribution < 1.29 is 18.1 Å². The van der Waals surface area contributed by atoms with Crippen LogP contribution in [0.1, 0.15) is 34.0 Å². The first-order valence-electron chi connectivity index (χ1n) is 9.00. The number of halogens is 3. The fraction of sp³-hybridized carbons (Fsp3) is 0.316. The van der Waals surface area contributed by atoms with E-state index < -0.39 is 27.7 Å². The Morgan fingerprint density at radius 3 is 2.61 bits per heavy atom. The van der Waals surface area contributed by atoms with Crippen LogP contribution in [-0.4, -0.2) is 38.1 Å². The van der Waals surface area contributed by atoms with Gasteiger partial charge in [-0.1, -0.05) is 46.9 Å². The second-order valence-electron chi connectivity index (χ2n) is 7.13. The molecule has 1 aliphatic rings. The fourth-order valence-corrected chi connectivity index (χ4v) is 6.83. The van der Waals surface area contributed by atoms with Crippen LogP contribution >= 0.6 is 46.1 Å². The van der Waals surface area contributed by atoms with Crippen LogP contribution in [0.2, 0.25) is 15.1 Å². The SMILES string of the molecule is CS(=O)(=O)c1csc(C(=O)NCC2=CCC(c3ccc(Cl)cc3Cl)C([N+](=O)[O-])C2)c1Cl. The normalized spacial score (nSPS) is 19.0. The van der Waals surface area contributed by atoms with Gasteiger partial charge in [0.25, 0.3) is 5.91 Å². The van der Waals surface area contributed by atoms with Crippen molar-refractivity contribution in [3.63, 3.8) is 0 Å². The molecule has 0 fully saturated rings. The van der Waals surface area contributed by atoms with Gasteiger partial charge in [-0.3, -0.25) is 14.9 Å². The standard InChI is InChI=1S/C19H17Cl3N2O5S2/c1-31(28,29)16-9-30-18(17(16)22)19(25)23-8-10-2-4-13(15(6-10)24(26)27)12-5-3-11(20)7-14(12)21/h2-3,5,7,9,13,15H,4,6,8H2,1H3,(H,23,25). The van der Waals surface area contributed by atoms with Crippen LogP contribution in [0.5, 0.6) is 0 Å². The molecule has 1 aliphatic carbocycles. The maximum Gasteiger partial charge on any atom is 0.263 e. The lowest BCUT2D eigenvalue weighted by Gasteiger charge is -2.26. The largest absolute Gasteiger partial charge is 0.348 e. The molecule has 31 heavy (non-hydrogen) atoms. The number of nitro groups is 1. The van der Waals surface area contributed by atoms with Crippen LogP contribution in [0.3, 0.4) is 0 Å². The van der Waals surface area contributed by atoms with Crippen LogP contribution in [-0.2, 0) is 9.84 Å². The second-order valence-corrected chi connectivity index (χ2v) is 11.2. The van der Waals surface area contributed by atoms with E-state index in [1.165, 1.54) is 5.38 Å². The molecule has 166 valence electrons. The van der Waals surface area contributed by atoms with Crippen molar-refractivity contribution in [1.29, 1.82) is 0 Å². The molecule has 2 unspecified atom stereocenters. The van der Waals surface area contributed by atoms with Crippen molar-refractivity contribution in [3.05, 3.63) is 70.9 Å². The summed E-state index contributed by atoms with van der Waals surface area (Å²) in [5.41, 5.74) is 1.36. The number of thiophene rings is 1.